The SMILES string of the molecule is CC1Oc2ccccc2N(CCC(=O)NC2(CC(=O)O)CCOCC2)C1=O. The van der Waals surface area contributed by atoms with Gasteiger partial charge in [-0.15, -0.1) is 0 Å². The highest BCUT2D eigenvalue weighted by atomic mass is 16.5. The molecule has 1 fully saturated rings. The molecule has 2 amide bonds. The number of hydrogen-bond acceptors (Lipinski definition) is 5. The summed E-state index contributed by atoms with van der Waals surface area (Å²) in [6.07, 6.45) is 0.243. The van der Waals surface area contributed by atoms with Crippen LogP contribution in [0.4, 0.5) is 5.69 Å². The van der Waals surface area contributed by atoms with Crippen LogP contribution in [-0.2, 0) is 19.1 Å². The van der Waals surface area contributed by atoms with E-state index < -0.39 is 17.6 Å². The van der Waals surface area contributed by atoms with E-state index >= 15 is 0 Å². The Labute approximate surface area is 157 Å². The van der Waals surface area contributed by atoms with Gasteiger partial charge in [0.25, 0.3) is 5.91 Å². The van der Waals surface area contributed by atoms with Crippen molar-refractivity contribution in [2.75, 3.05) is 24.7 Å². The zero-order valence-electron chi connectivity index (χ0n) is 15.3. The van der Waals surface area contributed by atoms with E-state index in [1.54, 1.807) is 24.0 Å². The summed E-state index contributed by atoms with van der Waals surface area (Å²) in [5.74, 6) is -0.824. The van der Waals surface area contributed by atoms with Crippen molar-refractivity contribution in [1.82, 2.24) is 5.32 Å². The molecule has 2 N–H and O–H groups in total. The second-order valence-corrected chi connectivity index (χ2v) is 6.98. The van der Waals surface area contributed by atoms with E-state index in [0.29, 0.717) is 37.5 Å². The number of ether oxygens (including phenoxy) is 2. The molecule has 1 unspecified atom stereocenters. The summed E-state index contributed by atoms with van der Waals surface area (Å²) >= 11 is 0. The predicted octanol–water partition coefficient (Wildman–Crippen LogP) is 1.33. The van der Waals surface area contributed by atoms with Gasteiger partial charge in [-0.05, 0) is 31.9 Å². The van der Waals surface area contributed by atoms with Crippen molar-refractivity contribution in [2.45, 2.75) is 44.2 Å². The lowest BCUT2D eigenvalue weighted by molar-refractivity contribution is -0.140. The molecule has 27 heavy (non-hydrogen) atoms. The number of aliphatic carboxylic acids is 1. The highest BCUT2D eigenvalue weighted by molar-refractivity contribution is 6.00. The lowest BCUT2D eigenvalue weighted by atomic mass is 9.86. The Hall–Kier alpha value is -2.61. The Bertz CT molecular complexity index is 729. The van der Waals surface area contributed by atoms with Crippen LogP contribution in [0.15, 0.2) is 24.3 Å². The summed E-state index contributed by atoms with van der Waals surface area (Å²) in [7, 11) is 0. The highest BCUT2D eigenvalue weighted by Gasteiger charge is 2.37. The third-order valence-corrected chi connectivity index (χ3v) is 4.98. The number of carbonyl (C=O) groups excluding carboxylic acids is 2. The molecule has 146 valence electrons. The Morgan fingerprint density at radius 1 is 1.30 bits per heavy atom. The van der Waals surface area contributed by atoms with Crippen LogP contribution in [0.1, 0.15) is 32.6 Å². The van der Waals surface area contributed by atoms with E-state index in [2.05, 4.69) is 5.32 Å². The van der Waals surface area contributed by atoms with Gasteiger partial charge in [-0.3, -0.25) is 14.4 Å². The van der Waals surface area contributed by atoms with E-state index in [1.165, 1.54) is 0 Å². The van der Waals surface area contributed by atoms with Crippen LogP contribution in [0.3, 0.4) is 0 Å². The number of benzene rings is 1. The largest absolute Gasteiger partial charge is 0.481 e. The van der Waals surface area contributed by atoms with E-state index in [4.69, 9.17) is 9.47 Å². The molecule has 0 aromatic heterocycles. The lowest BCUT2D eigenvalue weighted by Crippen LogP contribution is -2.54. The van der Waals surface area contributed by atoms with Crippen LogP contribution < -0.4 is 15.0 Å². The second-order valence-electron chi connectivity index (χ2n) is 6.98. The average Bonchev–Trinajstić information content (AvgIpc) is 2.62. The third kappa shape index (κ3) is 4.39. The summed E-state index contributed by atoms with van der Waals surface area (Å²) in [5, 5.41) is 12.1. The summed E-state index contributed by atoms with van der Waals surface area (Å²) in [5.41, 5.74) is -0.152. The first-order valence-corrected chi connectivity index (χ1v) is 9.08. The van der Waals surface area contributed by atoms with E-state index in [1.807, 2.05) is 12.1 Å². The van der Waals surface area contributed by atoms with Gasteiger partial charge in [0.05, 0.1) is 17.6 Å². The van der Waals surface area contributed by atoms with E-state index in [0.717, 1.165) is 0 Å². The number of hydrogen-bond donors (Lipinski definition) is 2. The molecule has 2 aliphatic rings. The number of carbonyl (C=O) groups is 3. The molecule has 3 rings (SSSR count). The molecular formula is C19H24N2O6. The van der Waals surface area contributed by atoms with Crippen molar-refractivity contribution in [1.29, 1.82) is 0 Å². The van der Waals surface area contributed by atoms with Crippen molar-refractivity contribution in [3.05, 3.63) is 24.3 Å². The summed E-state index contributed by atoms with van der Waals surface area (Å²) < 4.78 is 10.9. The van der Waals surface area contributed by atoms with Gasteiger partial charge in [-0.1, -0.05) is 12.1 Å². The maximum atomic E-state index is 12.5. The molecule has 1 aromatic rings. The topological polar surface area (TPSA) is 105 Å². The molecule has 1 aromatic carbocycles. The standard InChI is InChI=1S/C19H24N2O6/c1-13-18(25)21(14-4-2-3-5-15(14)27-13)9-6-16(22)20-19(12-17(23)24)7-10-26-11-8-19/h2-5,13H,6-12H2,1H3,(H,20,22)(H,23,24). The summed E-state index contributed by atoms with van der Waals surface area (Å²) in [6.45, 7) is 2.71. The van der Waals surface area contributed by atoms with Gasteiger partial charge in [0.2, 0.25) is 5.91 Å². The summed E-state index contributed by atoms with van der Waals surface area (Å²) in [4.78, 5) is 37.8. The molecule has 8 nitrogen and oxygen atoms in total. The quantitative estimate of drug-likeness (QED) is 0.776. The minimum Gasteiger partial charge on any atom is -0.481 e. The Kier molecular flexibility index (Phi) is 5.65. The normalized spacial score (nSPS) is 21.1. The molecule has 0 aliphatic carbocycles. The number of carboxylic acid groups (broad SMARTS) is 1. The lowest BCUT2D eigenvalue weighted by Gasteiger charge is -2.37. The van der Waals surface area contributed by atoms with Crippen molar-refractivity contribution < 1.29 is 29.0 Å². The van der Waals surface area contributed by atoms with Gasteiger partial charge in [0, 0.05) is 26.2 Å². The minimum atomic E-state index is -0.955. The van der Waals surface area contributed by atoms with Crippen molar-refractivity contribution in [2.24, 2.45) is 0 Å². The Morgan fingerprint density at radius 2 is 2.00 bits per heavy atom. The summed E-state index contributed by atoms with van der Waals surface area (Å²) in [6, 6.07) is 7.20. The number of nitrogens with zero attached hydrogens (tertiary/aromatic N) is 1. The molecule has 1 saturated heterocycles. The van der Waals surface area contributed by atoms with Gasteiger partial charge >= 0.3 is 5.97 Å². The predicted molar refractivity (Wildman–Crippen MR) is 96.7 cm³/mol. The monoisotopic (exact) mass is 376 g/mol. The van der Waals surface area contributed by atoms with Crippen molar-refractivity contribution in [3.8, 4) is 5.75 Å². The molecule has 8 heteroatoms. The Balaban J connectivity index is 1.66. The van der Waals surface area contributed by atoms with Crippen LogP contribution in [0.5, 0.6) is 5.75 Å². The van der Waals surface area contributed by atoms with Crippen molar-refractivity contribution in [3.63, 3.8) is 0 Å². The number of rotatable bonds is 6. The van der Waals surface area contributed by atoms with Gasteiger partial charge in [0.1, 0.15) is 5.75 Å². The zero-order valence-corrected chi connectivity index (χ0v) is 15.3. The first-order chi connectivity index (χ1) is 12.9. The molecule has 2 aliphatic heterocycles. The first-order valence-electron chi connectivity index (χ1n) is 9.08. The molecule has 2 heterocycles. The van der Waals surface area contributed by atoms with Crippen LogP contribution in [0, 0.1) is 0 Å². The first kappa shape index (κ1) is 19.2. The number of carboxylic acids is 1. The molecule has 1 atom stereocenters. The van der Waals surface area contributed by atoms with Gasteiger partial charge in [0.15, 0.2) is 6.10 Å². The van der Waals surface area contributed by atoms with Crippen molar-refractivity contribution >= 4 is 23.5 Å². The fourth-order valence-electron chi connectivity index (χ4n) is 3.56. The number of amides is 2. The number of fused-ring (bicyclic) bond motifs is 1. The van der Waals surface area contributed by atoms with E-state index in [9.17, 15) is 19.5 Å². The number of para-hydroxylation sites is 2. The zero-order chi connectivity index (χ0) is 19.4. The highest BCUT2D eigenvalue weighted by Crippen LogP contribution is 2.33. The Morgan fingerprint density at radius 3 is 2.70 bits per heavy atom. The molecule has 0 spiro atoms. The maximum absolute atomic E-state index is 12.5. The van der Waals surface area contributed by atoms with E-state index in [-0.39, 0.29) is 31.2 Å². The van der Waals surface area contributed by atoms with Crippen LogP contribution in [0.2, 0.25) is 0 Å². The maximum Gasteiger partial charge on any atom is 0.305 e. The van der Waals surface area contributed by atoms with Gasteiger partial charge in [-0.25, -0.2) is 0 Å². The van der Waals surface area contributed by atoms with Gasteiger partial charge < -0.3 is 24.8 Å². The average molecular weight is 376 g/mol. The smallest absolute Gasteiger partial charge is 0.305 e. The van der Waals surface area contributed by atoms with Crippen LogP contribution in [-0.4, -0.2) is 54.3 Å². The molecule has 0 bridgehead atoms. The van der Waals surface area contributed by atoms with Gasteiger partial charge in [-0.2, -0.15) is 0 Å². The molecule has 0 saturated carbocycles. The van der Waals surface area contributed by atoms with Crippen LogP contribution in [0.25, 0.3) is 0 Å². The fraction of sp³-hybridized carbons (Fsp3) is 0.526. The number of anilines is 1. The fourth-order valence-corrected chi connectivity index (χ4v) is 3.56. The minimum absolute atomic E-state index is 0.0784. The van der Waals surface area contributed by atoms with Crippen LogP contribution >= 0.6 is 0 Å². The third-order valence-electron chi connectivity index (χ3n) is 4.98. The molecular weight excluding hydrogens is 352 g/mol. The number of nitrogens with one attached hydrogen (secondary N) is 1. The second kappa shape index (κ2) is 7.96. The molecule has 0 radical (unpaired) electrons.